The number of carboxylic acids is 1. The van der Waals surface area contributed by atoms with Crippen molar-refractivity contribution in [2.75, 3.05) is 37.6 Å². The zero-order chi connectivity index (χ0) is 29.4. The normalized spacial score (nSPS) is 23.7. The Morgan fingerprint density at radius 2 is 1.90 bits per heavy atom. The predicted octanol–water partition coefficient (Wildman–Crippen LogP) is 6.83. The van der Waals surface area contributed by atoms with Crippen molar-refractivity contribution in [1.82, 2.24) is 10.2 Å². The fourth-order valence-electron chi connectivity index (χ4n) is 6.49. The van der Waals surface area contributed by atoms with E-state index in [1.807, 2.05) is 30.5 Å². The number of hydrogen-bond donors (Lipinski definition) is 2. The molecule has 1 aliphatic carbocycles. The van der Waals surface area contributed by atoms with Crippen molar-refractivity contribution in [3.63, 3.8) is 0 Å². The molecule has 0 bridgehead atoms. The largest absolute Gasteiger partial charge is 0.478 e. The second-order valence-corrected chi connectivity index (χ2v) is 13.1. The summed E-state index contributed by atoms with van der Waals surface area (Å²) in [6, 6.07) is 13.7. The van der Waals surface area contributed by atoms with E-state index >= 15 is 0 Å². The molecule has 3 aliphatic heterocycles. The van der Waals surface area contributed by atoms with Crippen molar-refractivity contribution in [3.05, 3.63) is 88.4 Å². The van der Waals surface area contributed by atoms with Crippen molar-refractivity contribution < 1.29 is 14.6 Å². The summed E-state index contributed by atoms with van der Waals surface area (Å²) in [5, 5.41) is 13.8. The molecule has 0 spiro atoms. The summed E-state index contributed by atoms with van der Waals surface area (Å²) in [5.74, 6) is 1.08. The zero-order valence-electron chi connectivity index (χ0n) is 24.6. The van der Waals surface area contributed by atoms with E-state index in [2.05, 4.69) is 59.1 Å². The number of fused-ring (bicyclic) bond motifs is 1. The molecule has 0 radical (unpaired) electrons. The number of carboxylic acid groups (broad SMARTS) is 1. The smallest absolute Gasteiger partial charge is 0.339 e. The van der Waals surface area contributed by atoms with Crippen molar-refractivity contribution in [3.8, 4) is 5.75 Å². The summed E-state index contributed by atoms with van der Waals surface area (Å²) in [6.07, 6.45) is 9.06. The van der Waals surface area contributed by atoms with Gasteiger partial charge in [0.25, 0.3) is 0 Å². The summed E-state index contributed by atoms with van der Waals surface area (Å²) in [6.45, 7) is 11.4. The molecule has 2 aromatic carbocycles. The van der Waals surface area contributed by atoms with Crippen LogP contribution >= 0.6 is 11.6 Å². The summed E-state index contributed by atoms with van der Waals surface area (Å²) < 4.78 is 6.26. The number of hydrogen-bond acceptors (Lipinski definition) is 6. The van der Waals surface area contributed by atoms with Crippen LogP contribution in [-0.2, 0) is 0 Å². The average Bonchev–Trinajstić information content (AvgIpc) is 3.46. The van der Waals surface area contributed by atoms with E-state index in [1.54, 1.807) is 17.8 Å². The van der Waals surface area contributed by atoms with Gasteiger partial charge < -0.3 is 20.1 Å². The molecule has 220 valence electrons. The number of carbonyl (C=O) groups is 1. The molecule has 1 saturated heterocycles. The molecule has 2 N–H and O–H groups in total. The molecular formula is C34H39ClN4O3. The number of nitrogens with one attached hydrogen (secondary N) is 1. The summed E-state index contributed by atoms with van der Waals surface area (Å²) >= 11 is 6.19. The van der Waals surface area contributed by atoms with Gasteiger partial charge in [0.1, 0.15) is 22.9 Å². The highest BCUT2D eigenvalue weighted by Gasteiger charge is 2.32. The van der Waals surface area contributed by atoms with E-state index in [1.165, 1.54) is 17.6 Å². The molecule has 0 saturated carbocycles. The van der Waals surface area contributed by atoms with E-state index in [4.69, 9.17) is 16.3 Å². The van der Waals surface area contributed by atoms with Crippen LogP contribution in [0.3, 0.4) is 0 Å². The number of amidine groups is 1. The molecule has 0 amide bonds. The predicted molar refractivity (Wildman–Crippen MR) is 169 cm³/mol. The fraction of sp³-hybridized carbons (Fsp3) is 0.412. The van der Waals surface area contributed by atoms with Gasteiger partial charge in [0.15, 0.2) is 0 Å². The number of piperazine rings is 1. The third kappa shape index (κ3) is 5.99. The van der Waals surface area contributed by atoms with E-state index in [-0.39, 0.29) is 17.4 Å². The van der Waals surface area contributed by atoms with Gasteiger partial charge in [-0.25, -0.2) is 9.79 Å². The van der Waals surface area contributed by atoms with Crippen LogP contribution < -0.4 is 15.0 Å². The van der Waals surface area contributed by atoms with Crippen LogP contribution in [0, 0.1) is 17.3 Å². The van der Waals surface area contributed by atoms with Gasteiger partial charge >= 0.3 is 5.97 Å². The molecule has 2 unspecified atom stereocenters. The van der Waals surface area contributed by atoms with Crippen LogP contribution in [0.15, 0.2) is 77.3 Å². The maximum atomic E-state index is 12.1. The highest BCUT2D eigenvalue weighted by molar-refractivity contribution is 6.30. The van der Waals surface area contributed by atoms with E-state index in [0.717, 1.165) is 62.1 Å². The maximum Gasteiger partial charge on any atom is 0.339 e. The second-order valence-electron chi connectivity index (χ2n) is 12.6. The maximum absolute atomic E-state index is 12.1. The molecule has 0 aromatic heterocycles. The number of allylic oxidation sites excluding steroid dienone is 2. The van der Waals surface area contributed by atoms with Gasteiger partial charge in [-0.05, 0) is 66.3 Å². The lowest BCUT2D eigenvalue weighted by Gasteiger charge is -2.39. The average molecular weight is 587 g/mol. The Bertz CT molecular complexity index is 1480. The summed E-state index contributed by atoms with van der Waals surface area (Å²) in [5.41, 5.74) is 5.73. The lowest BCUT2D eigenvalue weighted by molar-refractivity contribution is 0.0693. The number of ether oxygens (including phenoxy) is 1. The van der Waals surface area contributed by atoms with E-state index in [0.29, 0.717) is 16.9 Å². The highest BCUT2D eigenvalue weighted by Crippen LogP contribution is 2.43. The quantitative estimate of drug-likeness (QED) is 0.370. The topological polar surface area (TPSA) is 77.4 Å². The number of rotatable bonds is 7. The number of halogens is 1. The van der Waals surface area contributed by atoms with Crippen LogP contribution in [0.5, 0.6) is 5.75 Å². The van der Waals surface area contributed by atoms with Gasteiger partial charge in [-0.2, -0.15) is 0 Å². The van der Waals surface area contributed by atoms with E-state index < -0.39 is 5.97 Å². The van der Waals surface area contributed by atoms with Gasteiger partial charge in [0, 0.05) is 61.3 Å². The number of aromatic carboxylic acids is 1. The lowest BCUT2D eigenvalue weighted by Crippen LogP contribution is -2.47. The van der Waals surface area contributed by atoms with Crippen LogP contribution in [0.25, 0.3) is 5.57 Å². The first-order valence-corrected chi connectivity index (χ1v) is 15.2. The molecule has 2 aromatic rings. The van der Waals surface area contributed by atoms with E-state index in [9.17, 15) is 9.90 Å². The SMILES string of the molecule is CC1C(Oc2cc(N3CCN(CC4=C(c5ccc(Cl)cc5)CC(C)(C)CC4)CC3)ccc2C(=O)O)=CN=C2NC=CC21. The molecule has 8 heteroatoms. The minimum absolute atomic E-state index is 0.0510. The standard InChI is InChI=1S/C34H39ClN4O3/c1-22-27-11-13-36-32(27)37-20-31(22)42-30-18-26(8-9-28(30)33(40)41)39-16-14-38(15-17-39)21-24-10-12-34(2,3)19-29(24)23-4-6-25(35)7-5-23/h4-9,11,13,18,20,22,27H,10,12,14-17,19,21H2,1-3H3,(H,36,37)(H,40,41). The van der Waals surface area contributed by atoms with Gasteiger partial charge in [-0.15, -0.1) is 0 Å². The summed E-state index contributed by atoms with van der Waals surface area (Å²) in [4.78, 5) is 21.4. The van der Waals surface area contributed by atoms with Crippen molar-refractivity contribution in [2.24, 2.45) is 22.2 Å². The van der Waals surface area contributed by atoms with Crippen LogP contribution in [0.4, 0.5) is 5.69 Å². The number of aliphatic imine (C=N–C) groups is 1. The van der Waals surface area contributed by atoms with Gasteiger partial charge in [-0.1, -0.05) is 56.2 Å². The molecule has 1 fully saturated rings. The lowest BCUT2D eigenvalue weighted by atomic mass is 9.72. The minimum atomic E-state index is -1.00. The monoisotopic (exact) mass is 586 g/mol. The molecule has 4 aliphatic rings. The van der Waals surface area contributed by atoms with Crippen LogP contribution in [0.2, 0.25) is 5.02 Å². The van der Waals surface area contributed by atoms with Gasteiger partial charge in [0.05, 0.1) is 6.20 Å². The van der Waals surface area contributed by atoms with Crippen molar-refractivity contribution >= 4 is 34.7 Å². The van der Waals surface area contributed by atoms with Gasteiger partial charge in [-0.3, -0.25) is 4.90 Å². The molecule has 7 nitrogen and oxygen atoms in total. The highest BCUT2D eigenvalue weighted by atomic mass is 35.5. The van der Waals surface area contributed by atoms with Crippen LogP contribution in [0.1, 0.15) is 56.0 Å². The first kappa shape index (κ1) is 28.6. The van der Waals surface area contributed by atoms with Crippen molar-refractivity contribution in [2.45, 2.75) is 40.0 Å². The molecular weight excluding hydrogens is 548 g/mol. The molecule has 6 rings (SSSR count). The Balaban J connectivity index is 1.16. The third-order valence-corrected chi connectivity index (χ3v) is 9.37. The number of anilines is 1. The zero-order valence-corrected chi connectivity index (χ0v) is 25.3. The second kappa shape index (κ2) is 11.6. The van der Waals surface area contributed by atoms with Crippen LogP contribution in [-0.4, -0.2) is 54.5 Å². The molecule has 42 heavy (non-hydrogen) atoms. The minimum Gasteiger partial charge on any atom is -0.478 e. The third-order valence-electron chi connectivity index (χ3n) is 9.12. The Labute approximate surface area is 253 Å². The molecule has 2 atom stereocenters. The fourth-order valence-corrected chi connectivity index (χ4v) is 6.62. The van der Waals surface area contributed by atoms with Gasteiger partial charge in [0.2, 0.25) is 0 Å². The first-order valence-electron chi connectivity index (χ1n) is 14.9. The Hall–Kier alpha value is -3.55. The Kier molecular flexibility index (Phi) is 7.90. The first-order chi connectivity index (χ1) is 20.2. The number of nitrogens with zero attached hydrogens (tertiary/aromatic N) is 3. The number of benzene rings is 2. The van der Waals surface area contributed by atoms with Crippen molar-refractivity contribution in [1.29, 1.82) is 0 Å². The summed E-state index contributed by atoms with van der Waals surface area (Å²) in [7, 11) is 0. The Morgan fingerprint density at radius 1 is 1.14 bits per heavy atom. The molecule has 3 heterocycles. The Morgan fingerprint density at radius 3 is 2.64 bits per heavy atom.